The maximum absolute atomic E-state index is 13.5. The highest BCUT2D eigenvalue weighted by Gasteiger charge is 2.28. The summed E-state index contributed by atoms with van der Waals surface area (Å²) in [5.74, 6) is 1.42. The maximum Gasteiger partial charge on any atom is 0.264 e. The Hall–Kier alpha value is -3.72. The van der Waals surface area contributed by atoms with E-state index < -0.39 is 15.9 Å². The lowest BCUT2D eigenvalue weighted by atomic mass is 10.1. The highest BCUT2D eigenvalue weighted by Crippen LogP contribution is 2.32. The number of carbonyl (C=O) groups is 1. The fourth-order valence-electron chi connectivity index (χ4n) is 3.74. The Kier molecular flexibility index (Phi) is 7.45. The second kappa shape index (κ2) is 10.7. The third-order valence-corrected chi connectivity index (χ3v) is 7.29. The van der Waals surface area contributed by atoms with Gasteiger partial charge < -0.3 is 19.5 Å². The summed E-state index contributed by atoms with van der Waals surface area (Å²) in [5, 5.41) is 2.89. The van der Waals surface area contributed by atoms with E-state index in [1.54, 1.807) is 48.5 Å². The van der Waals surface area contributed by atoms with E-state index in [4.69, 9.17) is 14.2 Å². The lowest BCUT2D eigenvalue weighted by Crippen LogP contribution is -2.41. The molecule has 1 N–H and O–H groups in total. The van der Waals surface area contributed by atoms with Gasteiger partial charge in [0.25, 0.3) is 10.0 Å². The average Bonchev–Trinajstić information content (AvgIpc) is 2.88. The molecule has 9 heteroatoms. The minimum atomic E-state index is -4.01. The van der Waals surface area contributed by atoms with Gasteiger partial charge in [0.15, 0.2) is 11.5 Å². The first kappa shape index (κ1) is 24.4. The molecule has 0 radical (unpaired) electrons. The molecule has 0 spiro atoms. The van der Waals surface area contributed by atoms with Crippen LogP contribution in [0.1, 0.15) is 25.5 Å². The van der Waals surface area contributed by atoms with Crippen LogP contribution in [0.4, 0.5) is 5.69 Å². The normalized spacial score (nSPS) is 13.5. The second-order valence-corrected chi connectivity index (χ2v) is 9.81. The van der Waals surface area contributed by atoms with E-state index in [0.29, 0.717) is 42.8 Å². The van der Waals surface area contributed by atoms with Crippen LogP contribution < -0.4 is 23.8 Å². The number of carbonyl (C=O) groups excluding carboxylic acids is 1. The van der Waals surface area contributed by atoms with Crippen molar-refractivity contribution in [2.24, 2.45) is 0 Å². The lowest BCUT2D eigenvalue weighted by molar-refractivity contribution is -0.120. The Morgan fingerprint density at radius 1 is 1.00 bits per heavy atom. The van der Waals surface area contributed by atoms with Crippen LogP contribution in [0.25, 0.3) is 0 Å². The quantitative estimate of drug-likeness (QED) is 0.483. The lowest BCUT2D eigenvalue weighted by Gasteiger charge is -2.25. The first-order valence-electron chi connectivity index (χ1n) is 11.4. The van der Waals surface area contributed by atoms with Gasteiger partial charge in [-0.05, 0) is 67.9 Å². The number of nitrogens with one attached hydrogen (secondary N) is 1. The Bertz CT molecular complexity index is 1260. The van der Waals surface area contributed by atoms with E-state index >= 15 is 0 Å². The SMILES string of the molecule is CCOc1ccc(S(=O)(=O)N(CC(=O)N[C@H](C)c2ccc3c(c2)OCCO3)c2ccccc2)cc1. The zero-order valence-electron chi connectivity index (χ0n) is 19.6. The van der Waals surface area contributed by atoms with Crippen LogP contribution in [-0.4, -0.2) is 40.7 Å². The predicted molar refractivity (Wildman–Crippen MR) is 133 cm³/mol. The molecule has 0 aromatic heterocycles. The molecule has 0 unspecified atom stereocenters. The molecule has 3 aromatic carbocycles. The smallest absolute Gasteiger partial charge is 0.264 e. The van der Waals surface area contributed by atoms with Crippen LogP contribution >= 0.6 is 0 Å². The van der Waals surface area contributed by atoms with Crippen molar-refractivity contribution < 1.29 is 27.4 Å². The third kappa shape index (κ3) is 5.68. The van der Waals surface area contributed by atoms with Gasteiger partial charge in [-0.2, -0.15) is 0 Å². The number of benzene rings is 3. The molecule has 0 aliphatic carbocycles. The number of fused-ring (bicyclic) bond motifs is 1. The van der Waals surface area contributed by atoms with Crippen molar-refractivity contribution in [2.75, 3.05) is 30.7 Å². The van der Waals surface area contributed by atoms with Crippen LogP contribution in [-0.2, 0) is 14.8 Å². The summed E-state index contributed by atoms with van der Waals surface area (Å²) in [6, 6.07) is 19.8. The van der Waals surface area contributed by atoms with Crippen molar-refractivity contribution in [1.29, 1.82) is 0 Å². The van der Waals surface area contributed by atoms with E-state index in [1.807, 2.05) is 26.0 Å². The minimum absolute atomic E-state index is 0.0671. The standard InChI is InChI=1S/C26H28N2O6S/c1-3-32-22-10-12-23(13-11-22)35(30,31)28(21-7-5-4-6-8-21)18-26(29)27-19(2)20-9-14-24-25(17-20)34-16-15-33-24/h4-14,17,19H,3,15-16,18H2,1-2H3,(H,27,29)/t19-/m1/s1. The third-order valence-electron chi connectivity index (χ3n) is 5.50. The van der Waals surface area contributed by atoms with Gasteiger partial charge in [-0.25, -0.2) is 8.42 Å². The van der Waals surface area contributed by atoms with Gasteiger partial charge in [0, 0.05) is 0 Å². The molecular formula is C26H28N2O6S. The summed E-state index contributed by atoms with van der Waals surface area (Å²) in [6.07, 6.45) is 0. The number of para-hydroxylation sites is 1. The molecule has 3 aromatic rings. The number of rotatable bonds is 9. The van der Waals surface area contributed by atoms with Gasteiger partial charge >= 0.3 is 0 Å². The number of hydrogen-bond donors (Lipinski definition) is 1. The van der Waals surface area contributed by atoms with E-state index in [-0.39, 0.29) is 17.5 Å². The first-order valence-corrected chi connectivity index (χ1v) is 12.8. The number of sulfonamides is 1. The van der Waals surface area contributed by atoms with Crippen molar-refractivity contribution in [1.82, 2.24) is 5.32 Å². The largest absolute Gasteiger partial charge is 0.494 e. The Labute approximate surface area is 205 Å². The average molecular weight is 497 g/mol. The molecule has 1 amide bonds. The zero-order valence-corrected chi connectivity index (χ0v) is 20.5. The van der Waals surface area contributed by atoms with Crippen LogP contribution in [0.5, 0.6) is 17.2 Å². The summed E-state index contributed by atoms with van der Waals surface area (Å²) in [6.45, 7) is 4.74. The summed E-state index contributed by atoms with van der Waals surface area (Å²) in [7, 11) is -4.01. The van der Waals surface area contributed by atoms with Crippen molar-refractivity contribution in [3.63, 3.8) is 0 Å². The minimum Gasteiger partial charge on any atom is -0.494 e. The molecule has 0 fully saturated rings. The number of ether oxygens (including phenoxy) is 3. The molecule has 0 bridgehead atoms. The van der Waals surface area contributed by atoms with Crippen molar-refractivity contribution in [2.45, 2.75) is 24.8 Å². The molecule has 1 heterocycles. The molecule has 8 nitrogen and oxygen atoms in total. The molecule has 1 aliphatic heterocycles. The molecule has 1 aliphatic rings. The topological polar surface area (TPSA) is 94.2 Å². The highest BCUT2D eigenvalue weighted by molar-refractivity contribution is 7.92. The van der Waals surface area contributed by atoms with Crippen molar-refractivity contribution >= 4 is 21.6 Å². The monoisotopic (exact) mass is 496 g/mol. The van der Waals surface area contributed by atoms with E-state index in [9.17, 15) is 13.2 Å². The maximum atomic E-state index is 13.5. The summed E-state index contributed by atoms with van der Waals surface area (Å²) in [4.78, 5) is 13.1. The van der Waals surface area contributed by atoms with Crippen LogP contribution in [0.15, 0.2) is 77.7 Å². The molecule has 1 atom stereocenters. The number of nitrogens with zero attached hydrogens (tertiary/aromatic N) is 1. The number of amides is 1. The van der Waals surface area contributed by atoms with Crippen LogP contribution in [0.2, 0.25) is 0 Å². The second-order valence-electron chi connectivity index (χ2n) is 7.94. The zero-order chi connectivity index (χ0) is 24.8. The van der Waals surface area contributed by atoms with E-state index in [1.165, 1.54) is 12.1 Å². The van der Waals surface area contributed by atoms with Gasteiger partial charge in [-0.3, -0.25) is 9.10 Å². The summed E-state index contributed by atoms with van der Waals surface area (Å²) < 4.78 is 44.7. The summed E-state index contributed by atoms with van der Waals surface area (Å²) in [5.41, 5.74) is 1.21. The van der Waals surface area contributed by atoms with Crippen LogP contribution in [0, 0.1) is 0 Å². The number of hydrogen-bond acceptors (Lipinski definition) is 6. The summed E-state index contributed by atoms with van der Waals surface area (Å²) >= 11 is 0. The molecule has 0 saturated heterocycles. The van der Waals surface area contributed by atoms with Crippen molar-refractivity contribution in [3.8, 4) is 17.2 Å². The number of anilines is 1. The van der Waals surface area contributed by atoms with Gasteiger partial charge in [0.2, 0.25) is 5.91 Å². The van der Waals surface area contributed by atoms with Gasteiger partial charge in [-0.1, -0.05) is 24.3 Å². The Balaban J connectivity index is 1.54. The van der Waals surface area contributed by atoms with E-state index in [0.717, 1.165) is 9.87 Å². The fraction of sp³-hybridized carbons (Fsp3) is 0.269. The van der Waals surface area contributed by atoms with E-state index in [2.05, 4.69) is 5.32 Å². The molecular weight excluding hydrogens is 468 g/mol. The van der Waals surface area contributed by atoms with Gasteiger partial charge in [0.05, 0.1) is 23.2 Å². The van der Waals surface area contributed by atoms with Crippen molar-refractivity contribution in [3.05, 3.63) is 78.4 Å². The highest BCUT2D eigenvalue weighted by atomic mass is 32.2. The van der Waals surface area contributed by atoms with Gasteiger partial charge in [-0.15, -0.1) is 0 Å². The molecule has 4 rings (SSSR count). The fourth-order valence-corrected chi connectivity index (χ4v) is 5.16. The van der Waals surface area contributed by atoms with Gasteiger partial charge in [0.1, 0.15) is 25.5 Å². The predicted octanol–water partition coefficient (Wildman–Crippen LogP) is 3.93. The first-order chi connectivity index (χ1) is 16.9. The van der Waals surface area contributed by atoms with Crippen LogP contribution in [0.3, 0.4) is 0 Å². The Morgan fingerprint density at radius 2 is 1.69 bits per heavy atom. The molecule has 0 saturated carbocycles. The Morgan fingerprint density at radius 3 is 2.37 bits per heavy atom. The molecule has 35 heavy (non-hydrogen) atoms. The molecule has 184 valence electrons.